The predicted octanol–water partition coefficient (Wildman–Crippen LogP) is 2.35. The molecule has 2 aromatic carbocycles. The first-order valence-electron chi connectivity index (χ1n) is 13.0. The van der Waals surface area contributed by atoms with E-state index in [1.54, 1.807) is 0 Å². The molecule has 36 heavy (non-hydrogen) atoms. The van der Waals surface area contributed by atoms with E-state index in [0.29, 0.717) is 24.0 Å². The van der Waals surface area contributed by atoms with Gasteiger partial charge in [-0.05, 0) is 49.6 Å². The highest BCUT2D eigenvalue weighted by Gasteiger charge is 2.38. The third-order valence-corrected chi connectivity index (χ3v) is 8.25. The van der Waals surface area contributed by atoms with E-state index in [4.69, 9.17) is 4.74 Å². The number of likely N-dealkylation sites (N-methyl/N-ethyl adjacent to an activating group) is 1. The summed E-state index contributed by atoms with van der Waals surface area (Å²) in [5.74, 6) is 0.773. The molecule has 2 N–H and O–H groups in total. The molecule has 0 unspecified atom stereocenters. The second kappa shape index (κ2) is 9.33. The summed E-state index contributed by atoms with van der Waals surface area (Å²) < 4.78 is 5.93. The Morgan fingerprint density at radius 3 is 2.64 bits per heavy atom. The van der Waals surface area contributed by atoms with Crippen molar-refractivity contribution in [3.63, 3.8) is 0 Å². The Bertz CT molecular complexity index is 1350. The number of rotatable bonds is 6. The number of aromatic amines is 1. The Labute approximate surface area is 210 Å². The van der Waals surface area contributed by atoms with E-state index in [-0.39, 0.29) is 17.0 Å². The van der Waals surface area contributed by atoms with Crippen molar-refractivity contribution in [2.75, 3.05) is 46.4 Å². The van der Waals surface area contributed by atoms with Crippen LogP contribution in [0, 0.1) is 0 Å². The topological polar surface area (TPSA) is 90.6 Å². The van der Waals surface area contributed by atoms with Gasteiger partial charge in [-0.3, -0.25) is 14.5 Å². The standard InChI is InChI=1S/C28H33N5O3/c1-29-28(8-4-9-28)18-32-10-12-33(13-11-32)27(35)23-16-19(15-20-7-14-36-25(20)23)17-24-21-5-2-3-6-22(21)26(34)31-30-24/h2-3,5-6,15-16,29H,4,7-14,17-18H2,1H3,(H,31,34). The number of benzene rings is 2. The number of nitrogens with zero attached hydrogens (tertiary/aromatic N) is 3. The van der Waals surface area contributed by atoms with Gasteiger partial charge in [0.05, 0.1) is 23.3 Å². The Hall–Kier alpha value is -3.23. The third-order valence-electron chi connectivity index (χ3n) is 8.25. The molecule has 8 nitrogen and oxygen atoms in total. The van der Waals surface area contributed by atoms with E-state index in [1.807, 2.05) is 35.2 Å². The van der Waals surface area contributed by atoms with Crippen LogP contribution >= 0.6 is 0 Å². The van der Waals surface area contributed by atoms with Crippen molar-refractivity contribution in [2.45, 2.75) is 37.6 Å². The van der Waals surface area contributed by atoms with E-state index < -0.39 is 0 Å². The van der Waals surface area contributed by atoms with Crippen LogP contribution in [0.5, 0.6) is 5.75 Å². The van der Waals surface area contributed by atoms with Gasteiger partial charge in [-0.1, -0.05) is 24.3 Å². The smallest absolute Gasteiger partial charge is 0.272 e. The number of H-pyrrole nitrogens is 1. The van der Waals surface area contributed by atoms with Crippen LogP contribution in [0.3, 0.4) is 0 Å². The lowest BCUT2D eigenvalue weighted by molar-refractivity contribution is 0.0516. The highest BCUT2D eigenvalue weighted by Crippen LogP contribution is 2.34. The van der Waals surface area contributed by atoms with Crippen LogP contribution < -0.4 is 15.6 Å². The van der Waals surface area contributed by atoms with Crippen LogP contribution in [0.1, 0.15) is 46.4 Å². The van der Waals surface area contributed by atoms with Crippen molar-refractivity contribution < 1.29 is 9.53 Å². The fourth-order valence-electron chi connectivity index (χ4n) is 5.93. The Morgan fingerprint density at radius 2 is 1.92 bits per heavy atom. The number of carbonyl (C=O) groups excluding carboxylic acids is 1. The van der Waals surface area contributed by atoms with Gasteiger partial charge in [0.1, 0.15) is 5.75 Å². The van der Waals surface area contributed by atoms with Crippen molar-refractivity contribution in [1.29, 1.82) is 0 Å². The Morgan fingerprint density at radius 1 is 1.14 bits per heavy atom. The van der Waals surface area contributed by atoms with Gasteiger partial charge in [0.15, 0.2) is 0 Å². The Kier molecular flexibility index (Phi) is 6.01. The molecule has 3 heterocycles. The number of nitrogens with one attached hydrogen (secondary N) is 2. The highest BCUT2D eigenvalue weighted by atomic mass is 16.5. The number of amides is 1. The van der Waals surface area contributed by atoms with Gasteiger partial charge >= 0.3 is 0 Å². The van der Waals surface area contributed by atoms with Crippen molar-refractivity contribution in [3.8, 4) is 5.75 Å². The molecule has 3 aromatic rings. The second-order valence-electron chi connectivity index (χ2n) is 10.4. The van der Waals surface area contributed by atoms with Crippen LogP contribution in [-0.4, -0.2) is 77.8 Å². The number of fused-ring (bicyclic) bond motifs is 2. The molecular weight excluding hydrogens is 454 g/mol. The number of hydrogen-bond donors (Lipinski definition) is 2. The molecule has 1 aliphatic carbocycles. The normalized spacial score (nSPS) is 19.1. The van der Waals surface area contributed by atoms with Gasteiger partial charge in [0.2, 0.25) is 0 Å². The summed E-state index contributed by atoms with van der Waals surface area (Å²) in [5, 5.41) is 12.0. The minimum absolute atomic E-state index is 0.0425. The van der Waals surface area contributed by atoms with E-state index in [9.17, 15) is 9.59 Å². The summed E-state index contributed by atoms with van der Waals surface area (Å²) in [4.78, 5) is 30.3. The molecule has 1 saturated heterocycles. The summed E-state index contributed by atoms with van der Waals surface area (Å²) in [6.07, 6.45) is 5.09. The average molecular weight is 488 g/mol. The largest absolute Gasteiger partial charge is 0.492 e. The Balaban J connectivity index is 1.22. The molecule has 1 amide bonds. The van der Waals surface area contributed by atoms with E-state index in [1.165, 1.54) is 19.3 Å². The van der Waals surface area contributed by atoms with Crippen molar-refractivity contribution in [2.24, 2.45) is 0 Å². The van der Waals surface area contributed by atoms with Gasteiger partial charge in [-0.2, -0.15) is 5.10 Å². The monoisotopic (exact) mass is 487 g/mol. The van der Waals surface area contributed by atoms with Crippen molar-refractivity contribution in [3.05, 3.63) is 69.1 Å². The molecule has 2 aliphatic heterocycles. The lowest BCUT2D eigenvalue weighted by atomic mass is 9.76. The summed E-state index contributed by atoms with van der Waals surface area (Å²) in [6, 6.07) is 11.6. The summed E-state index contributed by atoms with van der Waals surface area (Å²) in [5.41, 5.74) is 3.59. The predicted molar refractivity (Wildman–Crippen MR) is 139 cm³/mol. The van der Waals surface area contributed by atoms with Crippen LogP contribution in [0.15, 0.2) is 41.2 Å². The molecule has 188 valence electrons. The molecule has 0 bridgehead atoms. The first kappa shape index (κ1) is 23.2. The number of hydrogen-bond acceptors (Lipinski definition) is 6. The second-order valence-corrected chi connectivity index (χ2v) is 10.4. The molecule has 0 radical (unpaired) electrons. The van der Waals surface area contributed by atoms with Gasteiger partial charge in [0, 0.05) is 56.5 Å². The molecule has 8 heteroatoms. The van der Waals surface area contributed by atoms with Gasteiger partial charge in [0.25, 0.3) is 11.5 Å². The zero-order valence-electron chi connectivity index (χ0n) is 20.8. The molecule has 3 aliphatic rings. The number of piperazine rings is 1. The quantitative estimate of drug-likeness (QED) is 0.555. The number of carbonyl (C=O) groups is 1. The van der Waals surface area contributed by atoms with E-state index in [0.717, 1.165) is 67.1 Å². The maximum atomic E-state index is 13.7. The molecule has 1 saturated carbocycles. The van der Waals surface area contributed by atoms with Crippen LogP contribution in [0.2, 0.25) is 0 Å². The molecule has 6 rings (SSSR count). The van der Waals surface area contributed by atoms with Gasteiger partial charge in [-0.15, -0.1) is 0 Å². The van der Waals surface area contributed by atoms with Crippen molar-refractivity contribution in [1.82, 2.24) is 25.3 Å². The molecule has 0 atom stereocenters. The van der Waals surface area contributed by atoms with Gasteiger partial charge < -0.3 is 15.0 Å². The zero-order chi connectivity index (χ0) is 24.7. The maximum Gasteiger partial charge on any atom is 0.272 e. The van der Waals surface area contributed by atoms with Gasteiger partial charge in [-0.25, -0.2) is 5.10 Å². The lowest BCUT2D eigenvalue weighted by Gasteiger charge is -2.47. The molecular formula is C28H33N5O3. The SMILES string of the molecule is CNC1(CN2CCN(C(=O)c3cc(Cc4n[nH]c(=O)c5ccccc45)cc4c3OCC4)CC2)CCC1. The van der Waals surface area contributed by atoms with Crippen LogP contribution in [0.25, 0.3) is 10.8 Å². The average Bonchev–Trinajstić information content (AvgIpc) is 3.36. The van der Waals surface area contributed by atoms with Crippen LogP contribution in [-0.2, 0) is 12.8 Å². The number of ether oxygens (including phenoxy) is 1. The van der Waals surface area contributed by atoms with Crippen molar-refractivity contribution >= 4 is 16.7 Å². The fraction of sp³-hybridized carbons (Fsp3) is 0.464. The molecule has 1 aromatic heterocycles. The maximum absolute atomic E-state index is 13.7. The summed E-state index contributed by atoms with van der Waals surface area (Å²) in [6.45, 7) is 4.89. The minimum Gasteiger partial charge on any atom is -0.492 e. The summed E-state index contributed by atoms with van der Waals surface area (Å²) >= 11 is 0. The first-order chi connectivity index (χ1) is 17.5. The third kappa shape index (κ3) is 4.18. The zero-order valence-corrected chi connectivity index (χ0v) is 20.8. The summed E-state index contributed by atoms with van der Waals surface area (Å²) in [7, 11) is 2.07. The van der Waals surface area contributed by atoms with E-state index in [2.05, 4.69) is 33.5 Å². The fourth-order valence-corrected chi connectivity index (χ4v) is 5.93. The van der Waals surface area contributed by atoms with Crippen LogP contribution in [0.4, 0.5) is 0 Å². The lowest BCUT2D eigenvalue weighted by Crippen LogP contribution is -2.60. The number of aromatic nitrogens is 2. The first-order valence-corrected chi connectivity index (χ1v) is 13.0. The minimum atomic E-state index is -0.190. The molecule has 2 fully saturated rings. The molecule has 0 spiro atoms. The highest BCUT2D eigenvalue weighted by molar-refractivity contribution is 5.98. The van der Waals surface area contributed by atoms with E-state index >= 15 is 0 Å².